The molecule has 4 heteroatoms. The van der Waals surface area contributed by atoms with Crippen molar-refractivity contribution in [2.75, 3.05) is 0 Å². The second-order valence-electron chi connectivity index (χ2n) is 7.60. The molecule has 0 fully saturated rings. The molecule has 0 saturated heterocycles. The van der Waals surface area contributed by atoms with Gasteiger partial charge >= 0.3 is 5.97 Å². The van der Waals surface area contributed by atoms with Gasteiger partial charge in [-0.3, -0.25) is 4.79 Å². The normalized spacial score (nSPS) is 15.0. The first kappa shape index (κ1) is 24.4. The van der Waals surface area contributed by atoms with E-state index in [1.165, 1.54) is 51.4 Å². The summed E-state index contributed by atoms with van der Waals surface area (Å²) in [5.74, 6) is -0.607. The third-order valence-corrected chi connectivity index (χ3v) is 5.12. The molecule has 0 amide bonds. The van der Waals surface area contributed by atoms with Crippen molar-refractivity contribution in [2.45, 2.75) is 122 Å². The highest BCUT2D eigenvalue weighted by atomic mass is 16.4. The van der Waals surface area contributed by atoms with Gasteiger partial charge in [0.2, 0.25) is 0 Å². The zero-order valence-electron chi connectivity index (χ0n) is 16.6. The first-order valence-corrected chi connectivity index (χ1v) is 10.6. The Hall–Kier alpha value is -0.610. The van der Waals surface area contributed by atoms with E-state index in [0.717, 1.165) is 32.1 Å². The highest BCUT2D eigenvalue weighted by Crippen LogP contribution is 2.24. The van der Waals surface area contributed by atoms with Crippen LogP contribution in [0.2, 0.25) is 0 Å². The number of rotatable bonds is 18. The van der Waals surface area contributed by atoms with E-state index in [9.17, 15) is 15.0 Å². The van der Waals surface area contributed by atoms with Crippen molar-refractivity contribution in [3.05, 3.63) is 0 Å². The van der Waals surface area contributed by atoms with Gasteiger partial charge in [-0.1, -0.05) is 77.6 Å². The lowest BCUT2D eigenvalue weighted by Crippen LogP contribution is -2.31. The minimum atomic E-state index is -0.741. The monoisotopic (exact) mass is 358 g/mol. The van der Waals surface area contributed by atoms with Crippen molar-refractivity contribution in [1.29, 1.82) is 0 Å². The summed E-state index contributed by atoms with van der Waals surface area (Å²) in [4.78, 5) is 10.5. The maximum absolute atomic E-state index is 10.5. The summed E-state index contributed by atoms with van der Waals surface area (Å²) < 4.78 is 0. The van der Waals surface area contributed by atoms with Crippen molar-refractivity contribution in [2.24, 2.45) is 5.92 Å². The molecule has 0 aromatic rings. The Labute approximate surface area is 155 Å². The lowest BCUT2D eigenvalue weighted by atomic mass is 9.87. The van der Waals surface area contributed by atoms with Gasteiger partial charge in [-0.2, -0.15) is 0 Å². The minimum absolute atomic E-state index is 0.134. The van der Waals surface area contributed by atoms with Crippen LogP contribution in [0.15, 0.2) is 0 Å². The molecule has 3 N–H and O–H groups in total. The van der Waals surface area contributed by atoms with Crippen LogP contribution >= 0.6 is 0 Å². The zero-order valence-corrected chi connectivity index (χ0v) is 16.6. The quantitative estimate of drug-likeness (QED) is 0.291. The van der Waals surface area contributed by atoms with Gasteiger partial charge in [-0.15, -0.1) is 0 Å². The van der Waals surface area contributed by atoms with Gasteiger partial charge in [0.15, 0.2) is 0 Å². The third-order valence-electron chi connectivity index (χ3n) is 5.12. The van der Waals surface area contributed by atoms with Crippen molar-refractivity contribution >= 4 is 5.97 Å². The van der Waals surface area contributed by atoms with Crippen LogP contribution < -0.4 is 0 Å². The fourth-order valence-corrected chi connectivity index (χ4v) is 3.46. The highest BCUT2D eigenvalue weighted by Gasteiger charge is 2.22. The predicted molar refractivity (Wildman–Crippen MR) is 104 cm³/mol. The summed E-state index contributed by atoms with van der Waals surface area (Å²) in [5.41, 5.74) is 0. The van der Waals surface area contributed by atoms with Gasteiger partial charge in [0.05, 0.1) is 12.2 Å². The Kier molecular flexibility index (Phi) is 16.4. The standard InChI is InChI=1S/C21H42O4/c1-3-4-5-6-7-8-9-10-12-15-19(21(25)18(2)22)16-13-11-14-17-20(23)24/h18-19,21-22,25H,3-17H2,1-2H3,(H,23,24). The van der Waals surface area contributed by atoms with Gasteiger partial charge < -0.3 is 15.3 Å². The van der Waals surface area contributed by atoms with Crippen LogP contribution in [0.5, 0.6) is 0 Å². The van der Waals surface area contributed by atoms with Crippen molar-refractivity contribution in [1.82, 2.24) is 0 Å². The molecule has 0 aliphatic carbocycles. The average molecular weight is 359 g/mol. The number of aliphatic hydroxyl groups excluding tert-OH is 2. The van der Waals surface area contributed by atoms with Crippen LogP contribution in [-0.4, -0.2) is 33.5 Å². The Morgan fingerprint density at radius 1 is 0.760 bits per heavy atom. The fourth-order valence-electron chi connectivity index (χ4n) is 3.46. The van der Waals surface area contributed by atoms with Crippen LogP contribution in [0.4, 0.5) is 0 Å². The molecule has 0 aliphatic rings. The van der Waals surface area contributed by atoms with Gasteiger partial charge in [0.1, 0.15) is 0 Å². The van der Waals surface area contributed by atoms with Crippen LogP contribution in [0.25, 0.3) is 0 Å². The Balaban J connectivity index is 3.82. The summed E-state index contributed by atoms with van der Waals surface area (Å²) in [5, 5.41) is 28.5. The number of aliphatic hydroxyl groups is 2. The molecule has 0 heterocycles. The Bertz CT molecular complexity index is 304. The SMILES string of the molecule is CCCCCCCCCCCC(CCCCCC(=O)O)C(O)C(C)O. The van der Waals surface area contributed by atoms with E-state index in [1.807, 2.05) is 0 Å². The van der Waals surface area contributed by atoms with Crippen molar-refractivity contribution < 1.29 is 20.1 Å². The van der Waals surface area contributed by atoms with Crippen molar-refractivity contribution in [3.63, 3.8) is 0 Å². The van der Waals surface area contributed by atoms with Gasteiger partial charge in [-0.25, -0.2) is 0 Å². The van der Waals surface area contributed by atoms with E-state index in [-0.39, 0.29) is 12.3 Å². The van der Waals surface area contributed by atoms with E-state index in [2.05, 4.69) is 6.92 Å². The zero-order chi connectivity index (χ0) is 18.9. The molecule has 0 radical (unpaired) electrons. The van der Waals surface area contributed by atoms with E-state index in [0.29, 0.717) is 6.42 Å². The topological polar surface area (TPSA) is 77.8 Å². The molecule has 0 aliphatic heterocycles. The van der Waals surface area contributed by atoms with E-state index < -0.39 is 18.2 Å². The summed E-state index contributed by atoms with van der Waals surface area (Å²) in [6.07, 6.45) is 14.8. The first-order chi connectivity index (χ1) is 12.0. The average Bonchev–Trinajstić information content (AvgIpc) is 2.57. The fraction of sp³-hybridized carbons (Fsp3) is 0.952. The van der Waals surface area contributed by atoms with Gasteiger partial charge in [0, 0.05) is 6.42 Å². The highest BCUT2D eigenvalue weighted by molar-refractivity contribution is 5.66. The maximum Gasteiger partial charge on any atom is 0.303 e. The lowest BCUT2D eigenvalue weighted by molar-refractivity contribution is -0.137. The second kappa shape index (κ2) is 16.8. The van der Waals surface area contributed by atoms with Gasteiger partial charge in [0.25, 0.3) is 0 Å². The molecule has 0 bridgehead atoms. The van der Waals surface area contributed by atoms with Crippen LogP contribution in [-0.2, 0) is 4.79 Å². The second-order valence-corrected chi connectivity index (χ2v) is 7.60. The number of hydrogen-bond donors (Lipinski definition) is 3. The summed E-state index contributed by atoms with van der Waals surface area (Å²) >= 11 is 0. The molecule has 0 rings (SSSR count). The molecule has 0 spiro atoms. The van der Waals surface area contributed by atoms with E-state index in [4.69, 9.17) is 5.11 Å². The molecule has 3 atom stereocenters. The minimum Gasteiger partial charge on any atom is -0.481 e. The molecule has 25 heavy (non-hydrogen) atoms. The molecule has 4 nitrogen and oxygen atoms in total. The van der Waals surface area contributed by atoms with E-state index >= 15 is 0 Å². The molecular weight excluding hydrogens is 316 g/mol. The summed E-state index contributed by atoms with van der Waals surface area (Å²) in [6, 6.07) is 0. The van der Waals surface area contributed by atoms with Crippen LogP contribution in [0, 0.1) is 5.92 Å². The molecular formula is C21H42O4. The van der Waals surface area contributed by atoms with Crippen LogP contribution in [0.3, 0.4) is 0 Å². The number of carboxylic acid groups (broad SMARTS) is 1. The smallest absolute Gasteiger partial charge is 0.303 e. The van der Waals surface area contributed by atoms with Crippen molar-refractivity contribution in [3.8, 4) is 0 Å². The van der Waals surface area contributed by atoms with E-state index in [1.54, 1.807) is 6.92 Å². The molecule has 0 saturated carbocycles. The summed E-state index contributed by atoms with van der Waals surface area (Å²) in [6.45, 7) is 3.89. The largest absolute Gasteiger partial charge is 0.481 e. The molecule has 0 aromatic heterocycles. The maximum atomic E-state index is 10.5. The number of hydrogen-bond acceptors (Lipinski definition) is 3. The number of carboxylic acids is 1. The first-order valence-electron chi connectivity index (χ1n) is 10.6. The third kappa shape index (κ3) is 15.4. The number of carbonyl (C=O) groups is 1. The Morgan fingerprint density at radius 2 is 1.20 bits per heavy atom. The number of unbranched alkanes of at least 4 members (excludes halogenated alkanes) is 10. The Morgan fingerprint density at radius 3 is 1.64 bits per heavy atom. The molecule has 3 unspecified atom stereocenters. The van der Waals surface area contributed by atoms with Crippen LogP contribution in [0.1, 0.15) is 110 Å². The predicted octanol–water partition coefficient (Wildman–Crippen LogP) is 5.30. The lowest BCUT2D eigenvalue weighted by Gasteiger charge is -2.25. The molecule has 0 aromatic carbocycles. The molecule has 150 valence electrons. The summed E-state index contributed by atoms with van der Waals surface area (Å²) in [7, 11) is 0. The van der Waals surface area contributed by atoms with Gasteiger partial charge in [-0.05, 0) is 32.1 Å². The number of aliphatic carboxylic acids is 1.